The molecular weight excluding hydrogens is 179 g/mol. The van der Waals surface area contributed by atoms with Gasteiger partial charge in [-0.3, -0.25) is 0 Å². The quantitative estimate of drug-likeness (QED) is 0.704. The van der Waals surface area contributed by atoms with Crippen molar-refractivity contribution in [2.24, 2.45) is 0 Å². The van der Waals surface area contributed by atoms with Crippen molar-refractivity contribution in [3.8, 4) is 0 Å². The second kappa shape index (κ2) is 4.09. The van der Waals surface area contributed by atoms with Crippen LogP contribution in [-0.4, -0.2) is 5.60 Å². The van der Waals surface area contributed by atoms with Crippen LogP contribution in [0, 0.1) is 12.7 Å². The minimum Gasteiger partial charge on any atom is -0.371 e. The van der Waals surface area contributed by atoms with Crippen LogP contribution < -0.4 is 0 Å². The molecule has 0 radical (unpaired) electrons. The van der Waals surface area contributed by atoms with Crippen molar-refractivity contribution in [1.82, 2.24) is 0 Å². The second-order valence-corrected chi connectivity index (χ2v) is 4.50. The Morgan fingerprint density at radius 3 is 2.50 bits per heavy atom. The maximum absolute atomic E-state index is 13.3. The number of rotatable bonds is 2. The number of hydrogen-bond donors (Lipinski definition) is 0. The van der Waals surface area contributed by atoms with Crippen LogP contribution in [0.1, 0.15) is 31.9 Å². The summed E-state index contributed by atoms with van der Waals surface area (Å²) in [5.74, 6) is -0.195. The molecule has 0 aliphatic heterocycles. The highest BCUT2D eigenvalue weighted by Crippen LogP contribution is 2.15. The maximum Gasteiger partial charge on any atom is 0.128 e. The summed E-state index contributed by atoms with van der Waals surface area (Å²) in [5, 5.41) is 0. The highest BCUT2D eigenvalue weighted by Gasteiger charge is 2.11. The van der Waals surface area contributed by atoms with Gasteiger partial charge in [-0.15, -0.1) is 0 Å². The summed E-state index contributed by atoms with van der Waals surface area (Å²) >= 11 is 0. The van der Waals surface area contributed by atoms with Gasteiger partial charge in [0, 0.05) is 5.56 Å². The van der Waals surface area contributed by atoms with Crippen LogP contribution in [-0.2, 0) is 11.3 Å². The van der Waals surface area contributed by atoms with Gasteiger partial charge in [0.15, 0.2) is 0 Å². The molecule has 2 heteroatoms. The van der Waals surface area contributed by atoms with Gasteiger partial charge in [0.2, 0.25) is 0 Å². The fourth-order valence-corrected chi connectivity index (χ4v) is 1.11. The lowest BCUT2D eigenvalue weighted by Gasteiger charge is -2.19. The molecule has 0 saturated carbocycles. The molecule has 0 saturated heterocycles. The van der Waals surface area contributed by atoms with E-state index in [1.807, 2.05) is 33.8 Å². The SMILES string of the molecule is Cc1ccc(F)c(COC(C)(C)C)c1. The Labute approximate surface area is 84.9 Å². The zero-order chi connectivity index (χ0) is 10.8. The van der Waals surface area contributed by atoms with E-state index in [-0.39, 0.29) is 11.4 Å². The Balaban J connectivity index is 2.72. The molecule has 1 aromatic rings. The number of hydrogen-bond acceptors (Lipinski definition) is 1. The highest BCUT2D eigenvalue weighted by molar-refractivity contribution is 5.23. The second-order valence-electron chi connectivity index (χ2n) is 4.50. The van der Waals surface area contributed by atoms with Crippen LogP contribution in [0.25, 0.3) is 0 Å². The Morgan fingerprint density at radius 1 is 1.29 bits per heavy atom. The molecular formula is C12H17FO. The first-order valence-electron chi connectivity index (χ1n) is 4.77. The third-order valence-corrected chi connectivity index (χ3v) is 1.86. The summed E-state index contributed by atoms with van der Waals surface area (Å²) in [7, 11) is 0. The van der Waals surface area contributed by atoms with Gasteiger partial charge in [0.1, 0.15) is 5.82 Å². The van der Waals surface area contributed by atoms with E-state index in [1.165, 1.54) is 6.07 Å². The number of benzene rings is 1. The fraction of sp³-hybridized carbons (Fsp3) is 0.500. The molecule has 0 heterocycles. The third-order valence-electron chi connectivity index (χ3n) is 1.86. The topological polar surface area (TPSA) is 9.23 Å². The Morgan fingerprint density at radius 2 is 1.93 bits per heavy atom. The lowest BCUT2D eigenvalue weighted by Crippen LogP contribution is -2.19. The van der Waals surface area contributed by atoms with Gasteiger partial charge in [0.25, 0.3) is 0 Å². The predicted molar refractivity (Wildman–Crippen MR) is 55.7 cm³/mol. The first-order valence-corrected chi connectivity index (χ1v) is 4.77. The van der Waals surface area contributed by atoms with E-state index in [0.717, 1.165) is 5.56 Å². The van der Waals surface area contributed by atoms with Crippen molar-refractivity contribution >= 4 is 0 Å². The molecule has 1 aromatic carbocycles. The predicted octanol–water partition coefficient (Wildman–Crippen LogP) is 3.45. The normalized spacial score (nSPS) is 11.8. The molecule has 0 aliphatic rings. The summed E-state index contributed by atoms with van der Waals surface area (Å²) in [5.41, 5.74) is 1.45. The summed E-state index contributed by atoms with van der Waals surface area (Å²) in [6.45, 7) is 8.15. The molecule has 1 nitrogen and oxygen atoms in total. The molecule has 0 aromatic heterocycles. The van der Waals surface area contributed by atoms with Crippen molar-refractivity contribution in [3.05, 3.63) is 35.1 Å². The molecule has 0 fully saturated rings. The standard InChI is InChI=1S/C12H17FO/c1-9-5-6-11(13)10(7-9)8-14-12(2,3)4/h5-7H,8H2,1-4H3. The van der Waals surface area contributed by atoms with Crippen molar-refractivity contribution in [2.45, 2.75) is 39.9 Å². The Bertz CT molecular complexity index is 313. The minimum absolute atomic E-state index is 0.195. The Hall–Kier alpha value is -0.890. The average molecular weight is 196 g/mol. The first kappa shape index (κ1) is 11.2. The molecule has 1 rings (SSSR count). The Kier molecular flexibility index (Phi) is 3.27. The monoisotopic (exact) mass is 196 g/mol. The largest absolute Gasteiger partial charge is 0.371 e. The van der Waals surface area contributed by atoms with E-state index >= 15 is 0 Å². The first-order chi connectivity index (χ1) is 6.38. The van der Waals surface area contributed by atoms with Gasteiger partial charge in [0.05, 0.1) is 12.2 Å². The van der Waals surface area contributed by atoms with E-state index in [4.69, 9.17) is 4.74 Å². The summed E-state index contributed by atoms with van der Waals surface area (Å²) < 4.78 is 18.8. The maximum atomic E-state index is 13.3. The number of aryl methyl sites for hydroxylation is 1. The van der Waals surface area contributed by atoms with Crippen LogP contribution in [0.2, 0.25) is 0 Å². The van der Waals surface area contributed by atoms with E-state index < -0.39 is 0 Å². The third kappa shape index (κ3) is 3.46. The van der Waals surface area contributed by atoms with Crippen molar-refractivity contribution in [2.75, 3.05) is 0 Å². The number of halogens is 1. The van der Waals surface area contributed by atoms with Gasteiger partial charge in [-0.05, 0) is 33.8 Å². The van der Waals surface area contributed by atoms with Crippen LogP contribution in [0.5, 0.6) is 0 Å². The van der Waals surface area contributed by atoms with Crippen LogP contribution in [0.4, 0.5) is 4.39 Å². The van der Waals surface area contributed by atoms with Crippen molar-refractivity contribution in [1.29, 1.82) is 0 Å². The number of ether oxygens (including phenoxy) is 1. The van der Waals surface area contributed by atoms with Gasteiger partial charge in [-0.1, -0.05) is 17.7 Å². The molecule has 0 bridgehead atoms. The van der Waals surface area contributed by atoms with E-state index in [9.17, 15) is 4.39 Å². The lowest BCUT2D eigenvalue weighted by molar-refractivity contribution is -0.0161. The van der Waals surface area contributed by atoms with Gasteiger partial charge in [-0.2, -0.15) is 0 Å². The lowest BCUT2D eigenvalue weighted by atomic mass is 10.1. The molecule has 0 aliphatic carbocycles. The molecule has 0 atom stereocenters. The van der Waals surface area contributed by atoms with Crippen LogP contribution >= 0.6 is 0 Å². The van der Waals surface area contributed by atoms with E-state index in [1.54, 1.807) is 6.07 Å². The zero-order valence-electron chi connectivity index (χ0n) is 9.23. The summed E-state index contributed by atoms with van der Waals surface area (Å²) in [6, 6.07) is 5.06. The molecule has 14 heavy (non-hydrogen) atoms. The van der Waals surface area contributed by atoms with Gasteiger partial charge < -0.3 is 4.74 Å². The smallest absolute Gasteiger partial charge is 0.128 e. The molecule has 78 valence electrons. The molecule has 0 spiro atoms. The molecule has 0 N–H and O–H groups in total. The summed E-state index contributed by atoms with van der Waals surface area (Å²) in [6.07, 6.45) is 0. The van der Waals surface area contributed by atoms with Crippen molar-refractivity contribution < 1.29 is 9.13 Å². The van der Waals surface area contributed by atoms with Gasteiger partial charge >= 0.3 is 0 Å². The van der Waals surface area contributed by atoms with E-state index in [2.05, 4.69) is 0 Å². The summed E-state index contributed by atoms with van der Waals surface area (Å²) in [4.78, 5) is 0. The van der Waals surface area contributed by atoms with Gasteiger partial charge in [-0.25, -0.2) is 4.39 Å². The molecule has 0 amide bonds. The zero-order valence-corrected chi connectivity index (χ0v) is 9.23. The van der Waals surface area contributed by atoms with Crippen LogP contribution in [0.15, 0.2) is 18.2 Å². The van der Waals surface area contributed by atoms with Crippen LogP contribution in [0.3, 0.4) is 0 Å². The van der Waals surface area contributed by atoms with E-state index in [0.29, 0.717) is 12.2 Å². The fourth-order valence-electron chi connectivity index (χ4n) is 1.11. The highest BCUT2D eigenvalue weighted by atomic mass is 19.1. The minimum atomic E-state index is -0.226. The average Bonchev–Trinajstić information content (AvgIpc) is 2.05. The molecule has 0 unspecified atom stereocenters. The van der Waals surface area contributed by atoms with Crippen molar-refractivity contribution in [3.63, 3.8) is 0 Å².